The molecule has 1 aromatic heterocycles. The molecule has 4 heterocycles. The maximum Gasteiger partial charge on any atom is 0.407 e. The standard InChI is InChI=1S/C38H59FN6O6Si/c1-25-18-42(32(20-44(25)37(47)48)19-43-26(2)22-49-23-27(43)3)21-34(46)45-28(4)24-50-36-33(45)17-30(16-29-10-12-31(39)13-11-29)35(41-36)40-14-15-51-52(8,9)38(5,6)7/h10-13,17,25-28,32H,14-16,18-24H2,1-9H3,(H,40,41)(H,47,48)/t25-,26-,27-,28+,32+/m1/s1. The second-order valence-corrected chi connectivity index (χ2v) is 21.2. The van der Waals surface area contributed by atoms with Gasteiger partial charge in [-0.1, -0.05) is 32.9 Å². The normalized spacial score (nSPS) is 24.7. The first-order valence-corrected chi connectivity index (χ1v) is 21.5. The fourth-order valence-corrected chi connectivity index (χ4v) is 8.17. The van der Waals surface area contributed by atoms with Gasteiger partial charge in [0.1, 0.15) is 23.9 Å². The van der Waals surface area contributed by atoms with Gasteiger partial charge >= 0.3 is 6.09 Å². The highest BCUT2D eigenvalue weighted by atomic mass is 28.4. The van der Waals surface area contributed by atoms with E-state index in [-0.39, 0.29) is 60.1 Å². The molecule has 14 heteroatoms. The van der Waals surface area contributed by atoms with Crippen molar-refractivity contribution in [1.82, 2.24) is 19.7 Å². The molecule has 5 atom stereocenters. The van der Waals surface area contributed by atoms with E-state index >= 15 is 0 Å². The summed E-state index contributed by atoms with van der Waals surface area (Å²) in [4.78, 5) is 39.4. The highest BCUT2D eigenvalue weighted by molar-refractivity contribution is 6.74. The molecule has 0 bridgehead atoms. The van der Waals surface area contributed by atoms with Gasteiger partial charge in [-0.3, -0.25) is 14.6 Å². The number of piperazine rings is 1. The minimum absolute atomic E-state index is 0.0899. The van der Waals surface area contributed by atoms with Gasteiger partial charge in [-0.15, -0.1) is 0 Å². The van der Waals surface area contributed by atoms with Crippen molar-refractivity contribution in [1.29, 1.82) is 0 Å². The fraction of sp³-hybridized carbons (Fsp3) is 0.658. The Kier molecular flexibility index (Phi) is 12.6. The Morgan fingerprint density at radius 1 is 1.02 bits per heavy atom. The van der Waals surface area contributed by atoms with E-state index in [0.29, 0.717) is 69.8 Å². The topological polar surface area (TPSA) is 120 Å². The van der Waals surface area contributed by atoms with E-state index in [1.54, 1.807) is 17.0 Å². The molecule has 3 aliphatic heterocycles. The number of rotatable bonds is 11. The van der Waals surface area contributed by atoms with Crippen LogP contribution in [-0.4, -0.2) is 134 Å². The number of ether oxygens (including phenoxy) is 2. The van der Waals surface area contributed by atoms with E-state index in [1.165, 1.54) is 17.0 Å². The van der Waals surface area contributed by atoms with Crippen molar-refractivity contribution in [3.8, 4) is 5.88 Å². The molecule has 2 N–H and O–H groups in total. The summed E-state index contributed by atoms with van der Waals surface area (Å²) in [6, 6.07) is 8.03. The van der Waals surface area contributed by atoms with E-state index in [9.17, 15) is 19.1 Å². The zero-order valence-corrected chi connectivity index (χ0v) is 33.4. The van der Waals surface area contributed by atoms with Crippen LogP contribution in [0, 0.1) is 5.82 Å². The SMILES string of the molecule is C[C@@H]1CN(CC(=O)N2c3cc(Cc4ccc(F)cc4)c(NCCO[Si](C)(C)C(C)(C)C)nc3OC[C@@H]2C)[C@@H](CN2[C@H](C)COC[C@H]2C)CN1C(=O)O. The minimum Gasteiger partial charge on any atom is -0.474 e. The Morgan fingerprint density at radius 2 is 1.69 bits per heavy atom. The number of amides is 2. The van der Waals surface area contributed by atoms with Crippen LogP contribution >= 0.6 is 0 Å². The number of fused-ring (bicyclic) bond motifs is 1. The van der Waals surface area contributed by atoms with Crippen molar-refractivity contribution in [3.05, 3.63) is 47.3 Å². The van der Waals surface area contributed by atoms with Gasteiger partial charge in [0.05, 0.1) is 32.4 Å². The van der Waals surface area contributed by atoms with Crippen molar-refractivity contribution in [2.24, 2.45) is 0 Å². The highest BCUT2D eigenvalue weighted by Crippen LogP contribution is 2.38. The van der Waals surface area contributed by atoms with Gasteiger partial charge in [0.25, 0.3) is 0 Å². The number of hydrogen-bond acceptors (Lipinski definition) is 9. The van der Waals surface area contributed by atoms with Gasteiger partial charge in [-0.05, 0) is 69.6 Å². The number of morpholine rings is 1. The van der Waals surface area contributed by atoms with Crippen molar-refractivity contribution in [3.63, 3.8) is 0 Å². The summed E-state index contributed by atoms with van der Waals surface area (Å²) in [5.41, 5.74) is 2.35. The van der Waals surface area contributed by atoms with Crippen molar-refractivity contribution in [2.45, 2.75) is 103 Å². The lowest BCUT2D eigenvalue weighted by Crippen LogP contribution is -2.65. The van der Waals surface area contributed by atoms with Crippen LogP contribution in [0.25, 0.3) is 0 Å². The summed E-state index contributed by atoms with van der Waals surface area (Å²) in [5, 5.41) is 13.6. The number of aromatic nitrogens is 1. The van der Waals surface area contributed by atoms with Gasteiger partial charge in [-0.25, -0.2) is 9.18 Å². The van der Waals surface area contributed by atoms with E-state index < -0.39 is 14.4 Å². The molecule has 52 heavy (non-hydrogen) atoms. The maximum atomic E-state index is 14.5. The Hall–Kier alpha value is -3.30. The number of hydrogen-bond donors (Lipinski definition) is 2. The van der Waals surface area contributed by atoms with Crippen LogP contribution < -0.4 is 15.0 Å². The average Bonchev–Trinajstić information content (AvgIpc) is 3.06. The monoisotopic (exact) mass is 742 g/mol. The molecule has 2 aromatic rings. The zero-order chi connectivity index (χ0) is 38.0. The number of benzene rings is 1. The summed E-state index contributed by atoms with van der Waals surface area (Å²) in [6.45, 7) is 23.3. The lowest BCUT2D eigenvalue weighted by atomic mass is 10.0. The number of carbonyl (C=O) groups is 2. The van der Waals surface area contributed by atoms with Crippen LogP contribution in [0.5, 0.6) is 5.88 Å². The number of nitrogens with zero attached hydrogens (tertiary/aromatic N) is 5. The van der Waals surface area contributed by atoms with Crippen LogP contribution in [0.4, 0.5) is 20.7 Å². The molecule has 2 amide bonds. The van der Waals surface area contributed by atoms with E-state index in [1.807, 2.05) is 19.9 Å². The number of halogens is 1. The fourth-order valence-electron chi connectivity index (χ4n) is 7.13. The second-order valence-electron chi connectivity index (χ2n) is 16.4. The molecular formula is C38H59FN6O6Si. The first-order valence-electron chi connectivity index (χ1n) is 18.6. The predicted molar refractivity (Wildman–Crippen MR) is 204 cm³/mol. The van der Waals surface area contributed by atoms with E-state index in [0.717, 1.165) is 11.1 Å². The van der Waals surface area contributed by atoms with Gasteiger partial charge in [0.2, 0.25) is 11.8 Å². The van der Waals surface area contributed by atoms with Crippen LogP contribution in [0.15, 0.2) is 30.3 Å². The molecule has 12 nitrogen and oxygen atoms in total. The zero-order valence-electron chi connectivity index (χ0n) is 32.4. The van der Waals surface area contributed by atoms with Gasteiger partial charge in [0.15, 0.2) is 8.32 Å². The van der Waals surface area contributed by atoms with Crippen LogP contribution in [-0.2, 0) is 20.4 Å². The molecule has 0 spiro atoms. The third-order valence-electron chi connectivity index (χ3n) is 11.3. The van der Waals surface area contributed by atoms with E-state index in [2.05, 4.69) is 62.8 Å². The second kappa shape index (κ2) is 16.4. The van der Waals surface area contributed by atoms with E-state index in [4.69, 9.17) is 18.9 Å². The third kappa shape index (κ3) is 9.25. The Bertz CT molecular complexity index is 1550. The lowest BCUT2D eigenvalue weighted by Gasteiger charge is -2.48. The predicted octanol–water partition coefficient (Wildman–Crippen LogP) is 5.52. The van der Waals surface area contributed by atoms with Crippen LogP contribution in [0.3, 0.4) is 0 Å². The Balaban J connectivity index is 1.41. The average molecular weight is 743 g/mol. The molecule has 0 saturated carbocycles. The minimum atomic E-state index is -1.94. The van der Waals surface area contributed by atoms with Crippen molar-refractivity contribution >= 4 is 31.8 Å². The smallest absolute Gasteiger partial charge is 0.407 e. The van der Waals surface area contributed by atoms with Crippen molar-refractivity contribution < 1.29 is 33.0 Å². The quantitative estimate of drug-likeness (QED) is 0.225. The maximum absolute atomic E-state index is 14.5. The molecule has 2 fully saturated rings. The largest absolute Gasteiger partial charge is 0.474 e. The number of anilines is 2. The number of carbonyl (C=O) groups excluding carboxylic acids is 1. The van der Waals surface area contributed by atoms with Crippen molar-refractivity contribution in [2.75, 3.05) is 69.4 Å². The molecule has 288 valence electrons. The molecule has 0 unspecified atom stereocenters. The summed E-state index contributed by atoms with van der Waals surface area (Å²) < 4.78 is 32.1. The van der Waals surface area contributed by atoms with Crippen LogP contribution in [0.2, 0.25) is 18.1 Å². The Morgan fingerprint density at radius 3 is 2.33 bits per heavy atom. The molecule has 0 aliphatic carbocycles. The number of pyridine rings is 1. The van der Waals surface area contributed by atoms with Gasteiger partial charge < -0.3 is 34.1 Å². The summed E-state index contributed by atoms with van der Waals surface area (Å²) >= 11 is 0. The summed E-state index contributed by atoms with van der Waals surface area (Å²) in [7, 11) is -1.94. The first kappa shape index (κ1) is 39.9. The molecule has 3 aliphatic rings. The summed E-state index contributed by atoms with van der Waals surface area (Å²) in [6.07, 6.45) is -0.479. The molecule has 2 saturated heterocycles. The highest BCUT2D eigenvalue weighted by Gasteiger charge is 2.41. The molecular weight excluding hydrogens is 684 g/mol. The summed E-state index contributed by atoms with van der Waals surface area (Å²) in [5.74, 6) is 0.607. The van der Waals surface area contributed by atoms with Gasteiger partial charge in [-0.2, -0.15) is 4.98 Å². The Labute approximate surface area is 309 Å². The molecule has 5 rings (SSSR count). The number of carboxylic acid groups (broad SMARTS) is 1. The third-order valence-corrected chi connectivity index (χ3v) is 15.8. The lowest BCUT2D eigenvalue weighted by molar-refractivity contribution is -0.122. The number of nitrogens with one attached hydrogen (secondary N) is 1. The van der Waals surface area contributed by atoms with Crippen LogP contribution in [0.1, 0.15) is 59.6 Å². The van der Waals surface area contributed by atoms with Gasteiger partial charge in [0, 0.05) is 62.3 Å². The molecule has 0 radical (unpaired) electrons. The molecule has 1 aromatic carbocycles. The first-order chi connectivity index (χ1) is 24.4.